The zero-order chi connectivity index (χ0) is 24.5. The van der Waals surface area contributed by atoms with Gasteiger partial charge in [0.25, 0.3) is 11.5 Å². The molecule has 1 amide bonds. The van der Waals surface area contributed by atoms with Crippen molar-refractivity contribution in [1.82, 2.24) is 14.3 Å². The molecule has 2 aliphatic rings. The summed E-state index contributed by atoms with van der Waals surface area (Å²) in [6, 6.07) is 9.76. The van der Waals surface area contributed by atoms with Gasteiger partial charge >= 0.3 is 0 Å². The fourth-order valence-corrected chi connectivity index (χ4v) is 5.73. The number of hydrogen-bond donors (Lipinski definition) is 0. The van der Waals surface area contributed by atoms with E-state index in [-0.39, 0.29) is 23.8 Å². The van der Waals surface area contributed by atoms with E-state index >= 15 is 0 Å². The normalized spacial score (nSPS) is 18.1. The monoisotopic (exact) mass is 508 g/mol. The van der Waals surface area contributed by atoms with Crippen LogP contribution < -0.4 is 10.5 Å². The molecule has 2 aliphatic heterocycles. The van der Waals surface area contributed by atoms with Crippen LogP contribution in [0.2, 0.25) is 0 Å². The van der Waals surface area contributed by atoms with Crippen molar-refractivity contribution < 1.29 is 9.18 Å². The molecule has 0 spiro atoms. The summed E-state index contributed by atoms with van der Waals surface area (Å²) in [7, 11) is 0. The maximum atomic E-state index is 13.7. The third kappa shape index (κ3) is 4.75. The molecule has 0 aliphatic carbocycles. The number of hydrogen-bond acceptors (Lipinski definition) is 6. The summed E-state index contributed by atoms with van der Waals surface area (Å²) < 4.78 is 15.2. The second-order valence-electron chi connectivity index (χ2n) is 8.83. The number of rotatable bonds is 4. The van der Waals surface area contributed by atoms with Gasteiger partial charge in [-0.15, -0.1) is 0 Å². The average Bonchev–Trinajstić information content (AvgIpc) is 3.03. The number of pyridine rings is 1. The Labute approximate surface area is 212 Å². The lowest BCUT2D eigenvalue weighted by Gasteiger charge is -2.24. The third-order valence-electron chi connectivity index (χ3n) is 6.37. The molecular formula is C26H25FN4O2S2. The van der Waals surface area contributed by atoms with Crippen molar-refractivity contribution in [2.75, 3.05) is 18.0 Å². The summed E-state index contributed by atoms with van der Waals surface area (Å²) >= 11 is 6.66. The van der Waals surface area contributed by atoms with Gasteiger partial charge in [0.15, 0.2) is 0 Å². The van der Waals surface area contributed by atoms with Crippen molar-refractivity contribution in [1.29, 1.82) is 0 Å². The summed E-state index contributed by atoms with van der Waals surface area (Å²) in [6.45, 7) is 3.82. The SMILES string of the molecule is Cc1cccn2c(=O)c(C=C3SC(=S)N(Cc4ccc(F)cc4)C3=O)c(N3CCCCCC3)nc12. The first-order valence-electron chi connectivity index (χ1n) is 11.7. The summed E-state index contributed by atoms with van der Waals surface area (Å²) in [5.41, 5.74) is 2.51. The van der Waals surface area contributed by atoms with Gasteiger partial charge < -0.3 is 4.90 Å². The predicted octanol–water partition coefficient (Wildman–Crippen LogP) is 4.92. The molecule has 0 bridgehead atoms. The van der Waals surface area contributed by atoms with Crippen LogP contribution in [-0.4, -0.2) is 37.6 Å². The van der Waals surface area contributed by atoms with Crippen molar-refractivity contribution >= 4 is 51.7 Å². The van der Waals surface area contributed by atoms with E-state index in [2.05, 4.69) is 4.90 Å². The van der Waals surface area contributed by atoms with Crippen LogP contribution in [0.4, 0.5) is 10.2 Å². The fourth-order valence-electron chi connectivity index (χ4n) is 4.49. The van der Waals surface area contributed by atoms with Crippen LogP contribution in [0.15, 0.2) is 52.3 Å². The van der Waals surface area contributed by atoms with E-state index in [1.54, 1.807) is 28.8 Å². The second-order valence-corrected chi connectivity index (χ2v) is 10.5. The molecule has 180 valence electrons. The molecule has 0 atom stereocenters. The van der Waals surface area contributed by atoms with Gasteiger partial charge in [0, 0.05) is 19.3 Å². The molecule has 4 heterocycles. The molecule has 2 fully saturated rings. The zero-order valence-corrected chi connectivity index (χ0v) is 21.0. The lowest BCUT2D eigenvalue weighted by molar-refractivity contribution is -0.122. The molecule has 1 aromatic carbocycles. The van der Waals surface area contributed by atoms with E-state index in [1.807, 2.05) is 19.1 Å². The number of carbonyl (C=O) groups excluding carboxylic acids is 1. The highest BCUT2D eigenvalue weighted by atomic mass is 32.2. The largest absolute Gasteiger partial charge is 0.356 e. The molecule has 0 saturated carbocycles. The first kappa shape index (κ1) is 23.7. The van der Waals surface area contributed by atoms with Gasteiger partial charge in [-0.25, -0.2) is 9.37 Å². The van der Waals surface area contributed by atoms with E-state index in [0.29, 0.717) is 26.3 Å². The molecule has 6 nitrogen and oxygen atoms in total. The molecule has 9 heteroatoms. The molecule has 5 rings (SSSR count). The maximum Gasteiger partial charge on any atom is 0.267 e. The highest BCUT2D eigenvalue weighted by molar-refractivity contribution is 8.26. The van der Waals surface area contributed by atoms with Gasteiger partial charge in [0.1, 0.15) is 21.6 Å². The van der Waals surface area contributed by atoms with E-state index in [4.69, 9.17) is 17.2 Å². The summed E-state index contributed by atoms with van der Waals surface area (Å²) in [5.74, 6) is 0.0227. The number of thioether (sulfide) groups is 1. The summed E-state index contributed by atoms with van der Waals surface area (Å²) in [6.07, 6.45) is 7.73. The van der Waals surface area contributed by atoms with Gasteiger partial charge in [-0.05, 0) is 55.2 Å². The molecular weight excluding hydrogens is 483 g/mol. The van der Waals surface area contributed by atoms with Crippen LogP contribution in [0, 0.1) is 12.7 Å². The van der Waals surface area contributed by atoms with Crippen molar-refractivity contribution in [3.8, 4) is 0 Å². The zero-order valence-electron chi connectivity index (χ0n) is 19.4. The highest BCUT2D eigenvalue weighted by Crippen LogP contribution is 2.35. The Bertz CT molecular complexity index is 1390. The fraction of sp³-hybridized carbons (Fsp3) is 0.308. The Morgan fingerprint density at radius 1 is 1.09 bits per heavy atom. The van der Waals surface area contributed by atoms with E-state index < -0.39 is 0 Å². The van der Waals surface area contributed by atoms with Gasteiger partial charge in [0.05, 0.1) is 17.0 Å². The Kier molecular flexibility index (Phi) is 6.71. The van der Waals surface area contributed by atoms with Crippen molar-refractivity contribution in [2.45, 2.75) is 39.2 Å². The number of amides is 1. The first-order chi connectivity index (χ1) is 16.9. The maximum absolute atomic E-state index is 13.7. The number of nitrogens with zero attached hydrogens (tertiary/aromatic N) is 4. The lowest BCUT2D eigenvalue weighted by atomic mass is 10.2. The van der Waals surface area contributed by atoms with Crippen molar-refractivity contribution in [3.63, 3.8) is 0 Å². The van der Waals surface area contributed by atoms with Crippen molar-refractivity contribution in [3.05, 3.63) is 80.4 Å². The number of carbonyl (C=O) groups is 1. The van der Waals surface area contributed by atoms with Crippen LogP contribution in [0.1, 0.15) is 42.4 Å². The number of anilines is 1. The molecule has 35 heavy (non-hydrogen) atoms. The lowest BCUT2D eigenvalue weighted by Crippen LogP contribution is -2.30. The van der Waals surface area contributed by atoms with Crippen LogP contribution in [0.3, 0.4) is 0 Å². The number of aryl methyl sites for hydroxylation is 1. The average molecular weight is 509 g/mol. The molecule has 0 N–H and O–H groups in total. The minimum atomic E-state index is -0.334. The number of halogens is 1. The van der Waals surface area contributed by atoms with Gasteiger partial charge in [-0.1, -0.05) is 55.0 Å². The Morgan fingerprint density at radius 2 is 1.80 bits per heavy atom. The van der Waals surface area contributed by atoms with Crippen LogP contribution in [0.25, 0.3) is 11.7 Å². The predicted molar refractivity (Wildman–Crippen MR) is 142 cm³/mol. The smallest absolute Gasteiger partial charge is 0.267 e. The molecule has 3 aromatic rings. The van der Waals surface area contributed by atoms with Crippen LogP contribution in [0.5, 0.6) is 0 Å². The number of fused-ring (bicyclic) bond motifs is 1. The first-order valence-corrected chi connectivity index (χ1v) is 12.9. The van der Waals surface area contributed by atoms with Crippen molar-refractivity contribution in [2.24, 2.45) is 0 Å². The van der Waals surface area contributed by atoms with Crippen LogP contribution in [-0.2, 0) is 11.3 Å². The van der Waals surface area contributed by atoms with E-state index in [0.717, 1.165) is 49.9 Å². The van der Waals surface area contributed by atoms with E-state index in [9.17, 15) is 14.0 Å². The molecule has 2 saturated heterocycles. The standard InChI is InChI=1S/C26H25FN4O2S2/c1-17-7-6-14-30-22(17)28-23(29-12-4-2-3-5-13-29)20(24(30)32)15-21-25(33)31(26(34)35-21)16-18-8-10-19(27)11-9-18/h6-11,14-15H,2-5,12-13,16H2,1H3. The Hall–Kier alpha value is -3.04. The molecule has 0 radical (unpaired) electrons. The Morgan fingerprint density at radius 3 is 2.51 bits per heavy atom. The van der Waals surface area contributed by atoms with Gasteiger partial charge in [-0.3, -0.25) is 18.9 Å². The van der Waals surface area contributed by atoms with Gasteiger partial charge in [-0.2, -0.15) is 0 Å². The van der Waals surface area contributed by atoms with E-state index in [1.165, 1.54) is 28.8 Å². The highest BCUT2D eigenvalue weighted by Gasteiger charge is 2.33. The minimum Gasteiger partial charge on any atom is -0.356 e. The topological polar surface area (TPSA) is 57.9 Å². The second kappa shape index (κ2) is 9.91. The number of aromatic nitrogens is 2. The quantitative estimate of drug-likeness (QED) is 0.368. The van der Waals surface area contributed by atoms with Crippen LogP contribution >= 0.6 is 24.0 Å². The summed E-state index contributed by atoms with van der Waals surface area (Å²) in [4.78, 5) is 35.9. The van der Waals surface area contributed by atoms with Gasteiger partial charge in [0.2, 0.25) is 0 Å². The minimum absolute atomic E-state index is 0.207. The molecule has 0 unspecified atom stereocenters. The third-order valence-corrected chi connectivity index (χ3v) is 7.75. The number of benzene rings is 1. The number of thiocarbonyl (C=S) groups is 1. The summed E-state index contributed by atoms with van der Waals surface area (Å²) in [5, 5.41) is 0. The Balaban J connectivity index is 1.57. The molecule has 2 aromatic heterocycles.